The molecule has 8 heteroatoms. The Hall–Kier alpha value is -2.48. The highest BCUT2D eigenvalue weighted by molar-refractivity contribution is 5.40. The predicted molar refractivity (Wildman–Crippen MR) is 91.1 cm³/mol. The van der Waals surface area contributed by atoms with Crippen LogP contribution in [0.5, 0.6) is 0 Å². The molecule has 0 unspecified atom stereocenters. The van der Waals surface area contributed by atoms with Crippen molar-refractivity contribution in [2.75, 3.05) is 31.1 Å². The zero-order chi connectivity index (χ0) is 17.1. The fraction of sp³-hybridized carbons (Fsp3) is 0.500. The molecule has 0 saturated carbocycles. The summed E-state index contributed by atoms with van der Waals surface area (Å²) in [6, 6.07) is 6.50. The van der Waals surface area contributed by atoms with Gasteiger partial charge in [0.25, 0.3) is 0 Å². The van der Waals surface area contributed by atoms with Crippen LogP contribution >= 0.6 is 0 Å². The van der Waals surface area contributed by atoms with Gasteiger partial charge in [0.05, 0.1) is 11.5 Å². The second-order valence-corrected chi connectivity index (χ2v) is 6.19. The molecule has 3 rings (SSSR count). The first-order valence-corrected chi connectivity index (χ1v) is 8.12. The standard InChI is InChI=1S/C16H22N6O2/c1-13-4-3-5-16(18-13)20-7-6-19(14(2)11-20)8-9-21-12-15(10-17-21)22(23)24/h3-5,10,12,14H,6-9,11H2,1-2H3/t14-/m0/s1. The lowest BCUT2D eigenvalue weighted by atomic mass is 10.2. The van der Waals surface area contributed by atoms with E-state index in [1.807, 2.05) is 19.1 Å². The van der Waals surface area contributed by atoms with Gasteiger partial charge in [-0.1, -0.05) is 6.07 Å². The van der Waals surface area contributed by atoms with Gasteiger partial charge in [0.1, 0.15) is 18.2 Å². The summed E-state index contributed by atoms with van der Waals surface area (Å²) in [6.07, 6.45) is 2.78. The molecule has 0 radical (unpaired) electrons. The molecule has 2 aromatic rings. The number of pyridine rings is 1. The van der Waals surface area contributed by atoms with Crippen molar-refractivity contribution in [3.8, 4) is 0 Å². The summed E-state index contributed by atoms with van der Waals surface area (Å²) in [6.45, 7) is 8.49. The van der Waals surface area contributed by atoms with Crippen molar-refractivity contribution >= 4 is 11.5 Å². The topological polar surface area (TPSA) is 80.3 Å². The molecule has 1 saturated heterocycles. The predicted octanol–water partition coefficient (Wildman–Crippen LogP) is 1.71. The Labute approximate surface area is 140 Å². The van der Waals surface area contributed by atoms with E-state index in [4.69, 9.17) is 0 Å². The van der Waals surface area contributed by atoms with Crippen molar-refractivity contribution in [1.29, 1.82) is 0 Å². The summed E-state index contributed by atoms with van der Waals surface area (Å²) in [4.78, 5) is 19.6. The van der Waals surface area contributed by atoms with E-state index in [0.29, 0.717) is 12.6 Å². The Balaban J connectivity index is 1.54. The number of hydrogen-bond donors (Lipinski definition) is 0. The highest BCUT2D eigenvalue weighted by atomic mass is 16.6. The second kappa shape index (κ2) is 6.96. The normalized spacial score (nSPS) is 18.8. The van der Waals surface area contributed by atoms with Gasteiger partial charge in [-0.2, -0.15) is 5.10 Å². The number of hydrogen-bond acceptors (Lipinski definition) is 6. The monoisotopic (exact) mass is 330 g/mol. The molecule has 0 N–H and O–H groups in total. The first kappa shape index (κ1) is 16.4. The molecule has 0 bridgehead atoms. The van der Waals surface area contributed by atoms with Crippen molar-refractivity contribution in [1.82, 2.24) is 19.7 Å². The zero-order valence-corrected chi connectivity index (χ0v) is 14.0. The van der Waals surface area contributed by atoms with Crippen LogP contribution in [0, 0.1) is 17.0 Å². The summed E-state index contributed by atoms with van der Waals surface area (Å²) >= 11 is 0. The van der Waals surface area contributed by atoms with Gasteiger partial charge in [-0.05, 0) is 26.0 Å². The van der Waals surface area contributed by atoms with Crippen LogP contribution in [0.1, 0.15) is 12.6 Å². The van der Waals surface area contributed by atoms with Gasteiger partial charge in [0.15, 0.2) is 0 Å². The lowest BCUT2D eigenvalue weighted by Crippen LogP contribution is -2.52. The summed E-state index contributed by atoms with van der Waals surface area (Å²) in [7, 11) is 0. The second-order valence-electron chi connectivity index (χ2n) is 6.19. The summed E-state index contributed by atoms with van der Waals surface area (Å²) < 4.78 is 1.64. The molecule has 0 spiro atoms. The van der Waals surface area contributed by atoms with Gasteiger partial charge in [0.2, 0.25) is 0 Å². The van der Waals surface area contributed by atoms with Crippen LogP contribution in [0.25, 0.3) is 0 Å². The Morgan fingerprint density at radius 3 is 2.83 bits per heavy atom. The van der Waals surface area contributed by atoms with Gasteiger partial charge >= 0.3 is 5.69 Å². The lowest BCUT2D eigenvalue weighted by molar-refractivity contribution is -0.385. The maximum absolute atomic E-state index is 10.7. The van der Waals surface area contributed by atoms with Crippen LogP contribution in [0.4, 0.5) is 11.5 Å². The molecule has 1 aliphatic rings. The van der Waals surface area contributed by atoms with E-state index in [9.17, 15) is 10.1 Å². The zero-order valence-electron chi connectivity index (χ0n) is 14.0. The van der Waals surface area contributed by atoms with E-state index in [1.54, 1.807) is 4.68 Å². The largest absolute Gasteiger partial charge is 0.354 e. The van der Waals surface area contributed by atoms with Crippen LogP contribution in [0.3, 0.4) is 0 Å². The van der Waals surface area contributed by atoms with E-state index in [-0.39, 0.29) is 5.69 Å². The number of aromatic nitrogens is 3. The van der Waals surface area contributed by atoms with E-state index < -0.39 is 4.92 Å². The molecule has 3 heterocycles. The summed E-state index contributed by atoms with van der Waals surface area (Å²) in [5, 5.41) is 14.7. The highest BCUT2D eigenvalue weighted by Crippen LogP contribution is 2.17. The number of piperazine rings is 1. The van der Waals surface area contributed by atoms with Gasteiger partial charge in [-0.3, -0.25) is 19.7 Å². The van der Waals surface area contributed by atoms with E-state index >= 15 is 0 Å². The SMILES string of the molecule is Cc1cccc(N2CCN(CCn3cc([N+](=O)[O-])cn3)[C@@H](C)C2)n1. The van der Waals surface area contributed by atoms with Gasteiger partial charge < -0.3 is 4.90 Å². The lowest BCUT2D eigenvalue weighted by Gasteiger charge is -2.40. The summed E-state index contributed by atoms with van der Waals surface area (Å²) in [5.74, 6) is 1.03. The number of rotatable bonds is 5. The Bertz CT molecular complexity index is 716. The van der Waals surface area contributed by atoms with Crippen molar-refractivity contribution in [2.45, 2.75) is 26.4 Å². The Kier molecular flexibility index (Phi) is 4.75. The van der Waals surface area contributed by atoms with Crippen LogP contribution in [-0.2, 0) is 6.54 Å². The first-order valence-electron chi connectivity index (χ1n) is 8.12. The molecule has 0 aromatic carbocycles. The van der Waals surface area contributed by atoms with Crippen LogP contribution < -0.4 is 4.90 Å². The fourth-order valence-corrected chi connectivity index (χ4v) is 3.04. The molecule has 1 atom stereocenters. The average Bonchev–Trinajstić information content (AvgIpc) is 3.03. The molecule has 0 amide bonds. The smallest absolute Gasteiger partial charge is 0.306 e. The van der Waals surface area contributed by atoms with E-state index in [2.05, 4.69) is 32.9 Å². The number of anilines is 1. The molecule has 1 aliphatic heterocycles. The van der Waals surface area contributed by atoms with Gasteiger partial charge in [-0.25, -0.2) is 4.98 Å². The molecular weight excluding hydrogens is 308 g/mol. The minimum absolute atomic E-state index is 0.0402. The van der Waals surface area contributed by atoms with Crippen molar-refractivity contribution < 1.29 is 4.92 Å². The Morgan fingerprint density at radius 2 is 2.17 bits per heavy atom. The number of aryl methyl sites for hydroxylation is 1. The van der Waals surface area contributed by atoms with Gasteiger partial charge in [0, 0.05) is 37.9 Å². The molecular formula is C16H22N6O2. The maximum atomic E-state index is 10.7. The summed E-state index contributed by atoms with van der Waals surface area (Å²) in [5.41, 5.74) is 1.07. The molecule has 8 nitrogen and oxygen atoms in total. The number of nitro groups is 1. The van der Waals surface area contributed by atoms with Crippen LogP contribution in [0.15, 0.2) is 30.6 Å². The van der Waals surface area contributed by atoms with E-state index in [0.717, 1.165) is 37.7 Å². The van der Waals surface area contributed by atoms with Crippen molar-refractivity contribution in [3.63, 3.8) is 0 Å². The highest BCUT2D eigenvalue weighted by Gasteiger charge is 2.24. The Morgan fingerprint density at radius 1 is 1.33 bits per heavy atom. The number of nitrogens with zero attached hydrogens (tertiary/aromatic N) is 6. The maximum Gasteiger partial charge on any atom is 0.306 e. The third-order valence-corrected chi connectivity index (χ3v) is 4.41. The molecule has 1 fully saturated rings. The average molecular weight is 330 g/mol. The molecule has 128 valence electrons. The van der Waals surface area contributed by atoms with E-state index in [1.165, 1.54) is 12.4 Å². The minimum Gasteiger partial charge on any atom is -0.354 e. The third kappa shape index (κ3) is 3.70. The molecule has 2 aromatic heterocycles. The van der Waals surface area contributed by atoms with Gasteiger partial charge in [-0.15, -0.1) is 0 Å². The van der Waals surface area contributed by atoms with Crippen LogP contribution in [-0.4, -0.2) is 56.8 Å². The molecule has 0 aliphatic carbocycles. The third-order valence-electron chi connectivity index (χ3n) is 4.41. The molecule has 24 heavy (non-hydrogen) atoms. The first-order chi connectivity index (χ1) is 11.5. The fourth-order valence-electron chi connectivity index (χ4n) is 3.04. The quantitative estimate of drug-likeness (QED) is 0.613. The minimum atomic E-state index is -0.417. The van der Waals surface area contributed by atoms with Crippen molar-refractivity contribution in [2.24, 2.45) is 0 Å². The van der Waals surface area contributed by atoms with Crippen LogP contribution in [0.2, 0.25) is 0 Å². The van der Waals surface area contributed by atoms with Crippen molar-refractivity contribution in [3.05, 3.63) is 46.4 Å².